The molecule has 0 aliphatic rings. The van der Waals surface area contributed by atoms with Crippen molar-refractivity contribution < 1.29 is 14.9 Å². The maximum Gasteiger partial charge on any atom is 0.202 e. The lowest BCUT2D eigenvalue weighted by atomic mass is 10.1. The first-order valence-electron chi connectivity index (χ1n) is 5.27. The van der Waals surface area contributed by atoms with Gasteiger partial charge in [-0.25, -0.2) is 0 Å². The van der Waals surface area contributed by atoms with Gasteiger partial charge in [0.05, 0.1) is 7.11 Å². The van der Waals surface area contributed by atoms with Gasteiger partial charge in [-0.3, -0.25) is 0 Å². The van der Waals surface area contributed by atoms with Gasteiger partial charge in [-0.1, -0.05) is 19.8 Å². The third-order valence-electron chi connectivity index (χ3n) is 2.38. The fraction of sp³-hybridized carbons (Fsp3) is 0.500. The molecular weight excluding hydrogens is 192 g/mol. The van der Waals surface area contributed by atoms with E-state index >= 15 is 0 Å². The first kappa shape index (κ1) is 11.7. The number of hydrogen-bond acceptors (Lipinski definition) is 3. The van der Waals surface area contributed by atoms with Crippen molar-refractivity contribution in [3.8, 4) is 17.2 Å². The van der Waals surface area contributed by atoms with Gasteiger partial charge >= 0.3 is 0 Å². The van der Waals surface area contributed by atoms with Gasteiger partial charge in [0.1, 0.15) is 0 Å². The molecule has 0 heterocycles. The summed E-state index contributed by atoms with van der Waals surface area (Å²) in [4.78, 5) is 0. The predicted octanol–water partition coefficient (Wildman–Crippen LogP) is 2.84. The second-order valence-electron chi connectivity index (χ2n) is 3.62. The molecule has 0 amide bonds. The van der Waals surface area contributed by atoms with E-state index in [1.807, 2.05) is 0 Å². The van der Waals surface area contributed by atoms with E-state index in [9.17, 15) is 10.2 Å². The second kappa shape index (κ2) is 5.49. The molecule has 0 atom stereocenters. The highest BCUT2D eigenvalue weighted by Gasteiger charge is 2.09. The van der Waals surface area contributed by atoms with E-state index in [0.717, 1.165) is 31.2 Å². The Bertz CT molecular complexity index is 298. The zero-order valence-electron chi connectivity index (χ0n) is 9.29. The van der Waals surface area contributed by atoms with E-state index in [1.54, 1.807) is 12.1 Å². The minimum atomic E-state index is 0.00370. The number of methoxy groups -OCH3 is 1. The molecule has 0 aliphatic carbocycles. The van der Waals surface area contributed by atoms with E-state index in [2.05, 4.69) is 6.92 Å². The number of unbranched alkanes of at least 4 members (excludes halogenated alkanes) is 2. The lowest BCUT2D eigenvalue weighted by Crippen LogP contribution is -1.89. The molecule has 0 fully saturated rings. The molecule has 1 rings (SSSR count). The molecule has 0 aliphatic heterocycles. The third kappa shape index (κ3) is 3.05. The van der Waals surface area contributed by atoms with Gasteiger partial charge in [0.2, 0.25) is 5.75 Å². The summed E-state index contributed by atoms with van der Waals surface area (Å²) in [6.07, 6.45) is 4.27. The van der Waals surface area contributed by atoms with Crippen LogP contribution in [0.4, 0.5) is 0 Å². The molecule has 1 aromatic rings. The van der Waals surface area contributed by atoms with Gasteiger partial charge in [0.15, 0.2) is 11.5 Å². The van der Waals surface area contributed by atoms with Crippen LogP contribution in [-0.2, 0) is 6.42 Å². The number of hydrogen-bond donors (Lipinski definition) is 2. The largest absolute Gasteiger partial charge is 0.504 e. The lowest BCUT2D eigenvalue weighted by Gasteiger charge is -2.08. The molecule has 15 heavy (non-hydrogen) atoms. The normalized spacial score (nSPS) is 10.3. The Kier molecular flexibility index (Phi) is 4.28. The van der Waals surface area contributed by atoms with E-state index in [1.165, 1.54) is 7.11 Å². The van der Waals surface area contributed by atoms with Crippen LogP contribution >= 0.6 is 0 Å². The van der Waals surface area contributed by atoms with Crippen LogP contribution < -0.4 is 4.74 Å². The Morgan fingerprint density at radius 3 is 2.20 bits per heavy atom. The van der Waals surface area contributed by atoms with E-state index in [0.29, 0.717) is 0 Å². The van der Waals surface area contributed by atoms with Crippen LogP contribution in [-0.4, -0.2) is 17.3 Å². The molecule has 0 saturated carbocycles. The Labute approximate surface area is 90.3 Å². The SMILES string of the molecule is CCCCCc1cc(O)c(OC)c(O)c1. The summed E-state index contributed by atoms with van der Waals surface area (Å²) in [6.45, 7) is 2.14. The number of phenolic OH excluding ortho intramolecular Hbond substituents is 2. The van der Waals surface area contributed by atoms with Crippen LogP contribution in [0.15, 0.2) is 12.1 Å². The molecule has 0 saturated heterocycles. The first-order chi connectivity index (χ1) is 7.19. The van der Waals surface area contributed by atoms with Crippen molar-refractivity contribution in [3.63, 3.8) is 0 Å². The maximum atomic E-state index is 9.54. The summed E-state index contributed by atoms with van der Waals surface area (Å²) in [7, 11) is 1.42. The molecule has 2 N–H and O–H groups in total. The Morgan fingerprint density at radius 1 is 1.13 bits per heavy atom. The number of benzene rings is 1. The summed E-state index contributed by atoms with van der Waals surface area (Å²) in [5.74, 6) is 0.155. The lowest BCUT2D eigenvalue weighted by molar-refractivity contribution is 0.344. The topological polar surface area (TPSA) is 49.7 Å². The van der Waals surface area contributed by atoms with Gasteiger partial charge < -0.3 is 14.9 Å². The van der Waals surface area contributed by atoms with Gasteiger partial charge in [0, 0.05) is 0 Å². The molecule has 1 aromatic carbocycles. The van der Waals surface area contributed by atoms with Crippen LogP contribution in [0.25, 0.3) is 0 Å². The zero-order chi connectivity index (χ0) is 11.3. The predicted molar refractivity (Wildman–Crippen MR) is 59.6 cm³/mol. The van der Waals surface area contributed by atoms with E-state index in [-0.39, 0.29) is 17.2 Å². The van der Waals surface area contributed by atoms with Gasteiger partial charge in [0.25, 0.3) is 0 Å². The van der Waals surface area contributed by atoms with Gasteiger partial charge in [-0.05, 0) is 30.5 Å². The summed E-state index contributed by atoms with van der Waals surface area (Å²) in [6, 6.07) is 3.29. The first-order valence-corrected chi connectivity index (χ1v) is 5.27. The van der Waals surface area contributed by atoms with Crippen molar-refractivity contribution in [1.82, 2.24) is 0 Å². The number of aromatic hydroxyl groups is 2. The van der Waals surface area contributed by atoms with Crippen molar-refractivity contribution in [1.29, 1.82) is 0 Å². The minimum Gasteiger partial charge on any atom is -0.504 e. The highest BCUT2D eigenvalue weighted by molar-refractivity contribution is 5.52. The summed E-state index contributed by atoms with van der Waals surface area (Å²) in [5, 5.41) is 19.1. The van der Waals surface area contributed by atoms with Gasteiger partial charge in [-0.2, -0.15) is 0 Å². The number of ether oxygens (including phenoxy) is 1. The van der Waals surface area contributed by atoms with Crippen LogP contribution in [0.3, 0.4) is 0 Å². The van der Waals surface area contributed by atoms with E-state index < -0.39 is 0 Å². The van der Waals surface area contributed by atoms with Crippen molar-refractivity contribution in [2.45, 2.75) is 32.6 Å². The maximum absolute atomic E-state index is 9.54. The van der Waals surface area contributed by atoms with Crippen LogP contribution in [0.2, 0.25) is 0 Å². The zero-order valence-corrected chi connectivity index (χ0v) is 9.29. The van der Waals surface area contributed by atoms with Crippen molar-refractivity contribution in [2.75, 3.05) is 7.11 Å². The average Bonchev–Trinajstić information content (AvgIpc) is 2.18. The summed E-state index contributed by atoms with van der Waals surface area (Å²) < 4.78 is 4.86. The standard InChI is InChI=1S/C12H18O3/c1-3-4-5-6-9-7-10(13)12(15-2)11(14)8-9/h7-8,13-14H,3-6H2,1-2H3. The van der Waals surface area contributed by atoms with Crippen molar-refractivity contribution >= 4 is 0 Å². The Hall–Kier alpha value is -1.38. The average molecular weight is 210 g/mol. The quantitative estimate of drug-likeness (QED) is 0.735. The number of rotatable bonds is 5. The highest BCUT2D eigenvalue weighted by atomic mass is 16.5. The highest BCUT2D eigenvalue weighted by Crippen LogP contribution is 2.36. The monoisotopic (exact) mass is 210 g/mol. The fourth-order valence-corrected chi connectivity index (χ4v) is 1.59. The third-order valence-corrected chi connectivity index (χ3v) is 2.38. The molecule has 0 bridgehead atoms. The van der Waals surface area contributed by atoms with Gasteiger partial charge in [-0.15, -0.1) is 0 Å². The number of aryl methyl sites for hydroxylation is 1. The van der Waals surface area contributed by atoms with Crippen LogP contribution in [0.5, 0.6) is 17.2 Å². The summed E-state index contributed by atoms with van der Waals surface area (Å²) in [5.41, 5.74) is 0.944. The second-order valence-corrected chi connectivity index (χ2v) is 3.62. The Morgan fingerprint density at radius 2 is 1.73 bits per heavy atom. The van der Waals surface area contributed by atoms with E-state index in [4.69, 9.17) is 4.74 Å². The smallest absolute Gasteiger partial charge is 0.202 e. The molecular formula is C12H18O3. The minimum absolute atomic E-state index is 0.00370. The molecule has 0 unspecified atom stereocenters. The summed E-state index contributed by atoms with van der Waals surface area (Å²) >= 11 is 0. The van der Waals surface area contributed by atoms with Crippen molar-refractivity contribution in [2.24, 2.45) is 0 Å². The fourth-order valence-electron chi connectivity index (χ4n) is 1.59. The number of phenols is 2. The molecule has 0 spiro atoms. The molecule has 3 nitrogen and oxygen atoms in total. The Balaban J connectivity index is 2.75. The molecule has 84 valence electrons. The van der Waals surface area contributed by atoms with Crippen molar-refractivity contribution in [3.05, 3.63) is 17.7 Å². The molecule has 0 aromatic heterocycles. The van der Waals surface area contributed by atoms with Crippen LogP contribution in [0.1, 0.15) is 31.7 Å². The molecule has 3 heteroatoms. The molecule has 0 radical (unpaired) electrons. The van der Waals surface area contributed by atoms with Crippen LogP contribution in [0, 0.1) is 0 Å².